The monoisotopic (exact) mass is 463 g/mol. The number of rotatable bonds is 7. The van der Waals surface area contributed by atoms with Crippen molar-refractivity contribution in [3.05, 3.63) is 95.8 Å². The molecule has 0 spiro atoms. The highest BCUT2D eigenvalue weighted by atomic mass is 16.5. The number of ether oxygens (including phenoxy) is 2. The summed E-state index contributed by atoms with van der Waals surface area (Å²) in [4.78, 5) is 4.69. The summed E-state index contributed by atoms with van der Waals surface area (Å²) in [6.07, 6.45) is 0. The average Bonchev–Trinajstić information content (AvgIpc) is 3.44. The second kappa shape index (κ2) is 9.77. The molecule has 0 aliphatic rings. The minimum absolute atomic E-state index is 0.419. The van der Waals surface area contributed by atoms with E-state index < -0.39 is 0 Å². The summed E-state index contributed by atoms with van der Waals surface area (Å²) in [6, 6.07) is 26.4. The van der Waals surface area contributed by atoms with Crippen LogP contribution in [0.5, 0.6) is 11.5 Å². The van der Waals surface area contributed by atoms with E-state index in [-0.39, 0.29) is 0 Å². The molecule has 174 valence electrons. The average molecular weight is 464 g/mol. The SMILES string of the molecule is COc1c(C)nc(C)c(OCc2ccccc2)c1-c1ccc(-c2ccccc2)c(-c2nn[nH]n2)c1. The lowest BCUT2D eigenvalue weighted by molar-refractivity contribution is 0.301. The molecule has 7 heteroatoms. The fourth-order valence-electron chi connectivity index (χ4n) is 4.27. The molecule has 0 amide bonds. The van der Waals surface area contributed by atoms with E-state index in [4.69, 9.17) is 14.5 Å². The fourth-order valence-corrected chi connectivity index (χ4v) is 4.27. The third-order valence-electron chi connectivity index (χ3n) is 5.86. The Bertz CT molecular complexity index is 1440. The minimum Gasteiger partial charge on any atom is -0.494 e. The zero-order chi connectivity index (χ0) is 24.2. The highest BCUT2D eigenvalue weighted by Crippen LogP contribution is 2.44. The van der Waals surface area contributed by atoms with Crippen LogP contribution in [-0.2, 0) is 6.61 Å². The van der Waals surface area contributed by atoms with Gasteiger partial charge in [0.05, 0.1) is 24.1 Å². The quantitative estimate of drug-likeness (QED) is 0.328. The second-order valence-electron chi connectivity index (χ2n) is 8.16. The van der Waals surface area contributed by atoms with Gasteiger partial charge in [0, 0.05) is 5.56 Å². The Labute approximate surface area is 203 Å². The van der Waals surface area contributed by atoms with Gasteiger partial charge in [0.25, 0.3) is 0 Å². The molecule has 0 radical (unpaired) electrons. The lowest BCUT2D eigenvalue weighted by Crippen LogP contribution is -2.04. The number of hydrogen-bond acceptors (Lipinski definition) is 6. The van der Waals surface area contributed by atoms with Gasteiger partial charge < -0.3 is 9.47 Å². The first kappa shape index (κ1) is 22.3. The maximum Gasteiger partial charge on any atom is 0.205 e. The highest BCUT2D eigenvalue weighted by molar-refractivity contribution is 5.87. The van der Waals surface area contributed by atoms with E-state index >= 15 is 0 Å². The number of aromatic amines is 1. The number of nitrogens with zero attached hydrogens (tertiary/aromatic N) is 4. The first-order valence-electron chi connectivity index (χ1n) is 11.3. The van der Waals surface area contributed by atoms with Crippen molar-refractivity contribution in [2.45, 2.75) is 20.5 Å². The van der Waals surface area contributed by atoms with Gasteiger partial charge in [-0.25, -0.2) is 0 Å². The molecule has 5 aromatic rings. The van der Waals surface area contributed by atoms with Gasteiger partial charge in [-0.3, -0.25) is 4.98 Å². The molecule has 35 heavy (non-hydrogen) atoms. The number of hydrogen-bond donors (Lipinski definition) is 1. The van der Waals surface area contributed by atoms with Crippen molar-refractivity contribution in [2.24, 2.45) is 0 Å². The molecule has 0 saturated heterocycles. The van der Waals surface area contributed by atoms with Crippen molar-refractivity contribution >= 4 is 0 Å². The van der Waals surface area contributed by atoms with Crippen molar-refractivity contribution in [3.63, 3.8) is 0 Å². The van der Waals surface area contributed by atoms with Crippen LogP contribution < -0.4 is 9.47 Å². The largest absolute Gasteiger partial charge is 0.494 e. The molecule has 0 aliphatic carbocycles. The summed E-state index contributed by atoms with van der Waals surface area (Å²) in [5, 5.41) is 14.9. The van der Waals surface area contributed by atoms with Crippen LogP contribution in [0.2, 0.25) is 0 Å². The topological polar surface area (TPSA) is 85.8 Å². The molecule has 2 heterocycles. The minimum atomic E-state index is 0.419. The number of methoxy groups -OCH3 is 1. The van der Waals surface area contributed by atoms with Crippen molar-refractivity contribution in [3.8, 4) is 45.1 Å². The normalized spacial score (nSPS) is 10.8. The molecule has 3 aromatic carbocycles. The van der Waals surface area contributed by atoms with Crippen LogP contribution >= 0.6 is 0 Å². The van der Waals surface area contributed by atoms with E-state index in [2.05, 4.69) is 51.0 Å². The smallest absolute Gasteiger partial charge is 0.205 e. The molecule has 2 aromatic heterocycles. The summed E-state index contributed by atoms with van der Waals surface area (Å²) in [5.41, 5.74) is 7.34. The lowest BCUT2D eigenvalue weighted by atomic mass is 9.93. The van der Waals surface area contributed by atoms with Crippen LogP contribution in [0.25, 0.3) is 33.6 Å². The summed E-state index contributed by atoms with van der Waals surface area (Å²) in [6.45, 7) is 4.31. The van der Waals surface area contributed by atoms with Crippen molar-refractivity contribution in [1.29, 1.82) is 0 Å². The maximum atomic E-state index is 6.36. The molecule has 0 aliphatic heterocycles. The van der Waals surface area contributed by atoms with Gasteiger partial charge in [-0.05, 0) is 47.4 Å². The number of tetrazole rings is 1. The van der Waals surface area contributed by atoms with E-state index in [9.17, 15) is 0 Å². The van der Waals surface area contributed by atoms with Crippen LogP contribution in [0.1, 0.15) is 17.0 Å². The molecule has 0 saturated carbocycles. The maximum absolute atomic E-state index is 6.36. The van der Waals surface area contributed by atoms with Crippen molar-refractivity contribution < 1.29 is 9.47 Å². The van der Waals surface area contributed by atoms with Crippen LogP contribution in [0.15, 0.2) is 78.9 Å². The Hall–Kier alpha value is -4.52. The third-order valence-corrected chi connectivity index (χ3v) is 5.86. The predicted molar refractivity (Wildman–Crippen MR) is 135 cm³/mol. The number of aryl methyl sites for hydroxylation is 2. The number of benzene rings is 3. The number of aromatic nitrogens is 5. The molecular weight excluding hydrogens is 438 g/mol. The molecule has 0 atom stereocenters. The van der Waals surface area contributed by atoms with Gasteiger partial charge in [0.1, 0.15) is 6.61 Å². The van der Waals surface area contributed by atoms with Gasteiger partial charge in [-0.1, -0.05) is 72.8 Å². The van der Waals surface area contributed by atoms with E-state index in [1.807, 2.05) is 62.4 Å². The zero-order valence-corrected chi connectivity index (χ0v) is 19.8. The van der Waals surface area contributed by atoms with Crippen LogP contribution in [-0.4, -0.2) is 32.7 Å². The Morgan fingerprint density at radius 3 is 2.17 bits per heavy atom. The molecular formula is C28H25N5O2. The second-order valence-corrected chi connectivity index (χ2v) is 8.16. The summed E-state index contributed by atoms with van der Waals surface area (Å²) in [5.74, 6) is 1.87. The standard InChI is InChI=1S/C28H25N5O2/c1-18-26(34-3)25(27(19(2)29-18)35-17-20-10-6-4-7-11-20)22-14-15-23(21-12-8-5-9-13-21)24(16-22)28-30-32-33-31-28/h4-16H,17H2,1-3H3,(H,30,31,32,33). The number of pyridine rings is 1. The van der Waals surface area contributed by atoms with Gasteiger partial charge in [-0.2, -0.15) is 5.21 Å². The number of H-pyrrole nitrogens is 1. The van der Waals surface area contributed by atoms with Crippen LogP contribution in [0, 0.1) is 13.8 Å². The van der Waals surface area contributed by atoms with Gasteiger partial charge in [0.15, 0.2) is 11.5 Å². The van der Waals surface area contributed by atoms with Gasteiger partial charge in [0.2, 0.25) is 5.82 Å². The molecule has 0 bridgehead atoms. The molecule has 1 N–H and O–H groups in total. The van der Waals surface area contributed by atoms with Gasteiger partial charge >= 0.3 is 0 Å². The van der Waals surface area contributed by atoms with Crippen LogP contribution in [0.3, 0.4) is 0 Å². The summed E-state index contributed by atoms with van der Waals surface area (Å²) >= 11 is 0. The molecule has 7 nitrogen and oxygen atoms in total. The zero-order valence-electron chi connectivity index (χ0n) is 19.8. The fraction of sp³-hybridized carbons (Fsp3) is 0.143. The van der Waals surface area contributed by atoms with E-state index in [0.717, 1.165) is 44.8 Å². The molecule has 0 fully saturated rings. The summed E-state index contributed by atoms with van der Waals surface area (Å²) in [7, 11) is 1.66. The van der Waals surface area contributed by atoms with Crippen molar-refractivity contribution in [2.75, 3.05) is 7.11 Å². The molecule has 0 unspecified atom stereocenters. The van der Waals surface area contributed by atoms with Crippen LogP contribution in [0.4, 0.5) is 0 Å². The van der Waals surface area contributed by atoms with Crippen molar-refractivity contribution in [1.82, 2.24) is 25.6 Å². The molecule has 5 rings (SSSR count). The summed E-state index contributed by atoms with van der Waals surface area (Å²) < 4.78 is 12.2. The third kappa shape index (κ3) is 4.48. The lowest BCUT2D eigenvalue weighted by Gasteiger charge is -2.20. The first-order valence-corrected chi connectivity index (χ1v) is 11.3. The Kier molecular flexibility index (Phi) is 6.22. The Balaban J connectivity index is 1.68. The first-order chi connectivity index (χ1) is 17.2. The van der Waals surface area contributed by atoms with E-state index in [1.54, 1.807) is 7.11 Å². The Morgan fingerprint density at radius 1 is 0.771 bits per heavy atom. The highest BCUT2D eigenvalue weighted by Gasteiger charge is 2.22. The van der Waals surface area contributed by atoms with Gasteiger partial charge in [-0.15, -0.1) is 10.2 Å². The predicted octanol–water partition coefficient (Wildman–Crippen LogP) is 5.80. The number of nitrogens with one attached hydrogen (secondary N) is 1. The Morgan fingerprint density at radius 2 is 1.49 bits per heavy atom. The van der Waals surface area contributed by atoms with E-state index in [1.165, 1.54) is 0 Å². The van der Waals surface area contributed by atoms with E-state index in [0.29, 0.717) is 23.9 Å².